The van der Waals surface area contributed by atoms with Gasteiger partial charge < -0.3 is 10.6 Å². The molecule has 0 radical (unpaired) electrons. The van der Waals surface area contributed by atoms with Gasteiger partial charge in [-0.1, -0.05) is 17.3 Å². The van der Waals surface area contributed by atoms with E-state index in [2.05, 4.69) is 20.9 Å². The lowest BCUT2D eigenvalue weighted by Gasteiger charge is -2.07. The summed E-state index contributed by atoms with van der Waals surface area (Å²) in [6.45, 7) is 0.0738. The van der Waals surface area contributed by atoms with Crippen molar-refractivity contribution in [1.82, 2.24) is 20.3 Å². The minimum Gasteiger partial charge on any atom is -0.349 e. The molecule has 1 aliphatic rings. The molecule has 0 unspecified atom stereocenters. The third kappa shape index (κ3) is 3.50. The molecule has 7 heteroatoms. The number of hydrogen-bond acceptors (Lipinski definition) is 4. The molecule has 1 aromatic heterocycles. The largest absolute Gasteiger partial charge is 0.349 e. The first kappa shape index (κ1) is 15.3. The molecule has 0 atom stereocenters. The summed E-state index contributed by atoms with van der Waals surface area (Å²) in [4.78, 5) is 24.2. The fraction of sp³-hybridized carbons (Fsp3) is 0.222. The van der Waals surface area contributed by atoms with Crippen molar-refractivity contribution in [2.24, 2.45) is 0 Å². The molecular weight excluding hydrogens is 318 g/mol. The Kier molecular flexibility index (Phi) is 3.89. The van der Waals surface area contributed by atoms with Crippen molar-refractivity contribution in [2.45, 2.75) is 25.4 Å². The van der Waals surface area contributed by atoms with Gasteiger partial charge in [0.1, 0.15) is 12.1 Å². The maximum absolute atomic E-state index is 12.2. The molecule has 0 bridgehead atoms. The number of benzene rings is 2. The van der Waals surface area contributed by atoms with Gasteiger partial charge in [-0.05, 0) is 49.2 Å². The van der Waals surface area contributed by atoms with Crippen LogP contribution in [0, 0.1) is 0 Å². The summed E-state index contributed by atoms with van der Waals surface area (Å²) in [6.07, 6.45) is 2.10. The molecule has 0 aliphatic heterocycles. The van der Waals surface area contributed by atoms with Gasteiger partial charge in [-0.2, -0.15) is 0 Å². The second kappa shape index (κ2) is 6.35. The van der Waals surface area contributed by atoms with E-state index in [-0.39, 0.29) is 18.4 Å². The van der Waals surface area contributed by atoms with Crippen LogP contribution in [0.5, 0.6) is 0 Å². The van der Waals surface area contributed by atoms with E-state index < -0.39 is 0 Å². The number of carbonyl (C=O) groups is 2. The SMILES string of the molecule is O=C(Cn1nnc2ccccc21)Nc1ccc(C(=O)NC2CC2)cc1. The second-order valence-electron chi connectivity index (χ2n) is 6.11. The molecule has 25 heavy (non-hydrogen) atoms. The number of hydrogen-bond donors (Lipinski definition) is 2. The van der Waals surface area contributed by atoms with Gasteiger partial charge in [-0.15, -0.1) is 5.10 Å². The highest BCUT2D eigenvalue weighted by Crippen LogP contribution is 2.19. The Labute approximate surface area is 144 Å². The Morgan fingerprint density at radius 1 is 1.08 bits per heavy atom. The molecule has 1 aliphatic carbocycles. The minimum absolute atomic E-state index is 0.0738. The van der Waals surface area contributed by atoms with Gasteiger partial charge >= 0.3 is 0 Å². The van der Waals surface area contributed by atoms with Crippen LogP contribution in [0.1, 0.15) is 23.2 Å². The number of anilines is 1. The van der Waals surface area contributed by atoms with Gasteiger partial charge in [0.25, 0.3) is 5.91 Å². The van der Waals surface area contributed by atoms with E-state index in [1.54, 1.807) is 28.9 Å². The fourth-order valence-corrected chi connectivity index (χ4v) is 2.57. The van der Waals surface area contributed by atoms with E-state index in [0.29, 0.717) is 17.3 Å². The maximum atomic E-state index is 12.2. The third-order valence-corrected chi connectivity index (χ3v) is 4.06. The normalized spacial score (nSPS) is 13.6. The number of nitrogens with zero attached hydrogens (tertiary/aromatic N) is 3. The Hall–Kier alpha value is -3.22. The smallest absolute Gasteiger partial charge is 0.251 e. The average Bonchev–Trinajstić information content (AvgIpc) is 3.35. The summed E-state index contributed by atoms with van der Waals surface area (Å²) >= 11 is 0. The zero-order valence-corrected chi connectivity index (χ0v) is 13.5. The summed E-state index contributed by atoms with van der Waals surface area (Å²) < 4.78 is 1.56. The van der Waals surface area contributed by atoms with Crippen molar-refractivity contribution >= 4 is 28.5 Å². The predicted molar refractivity (Wildman–Crippen MR) is 93.1 cm³/mol. The number of carbonyl (C=O) groups excluding carboxylic acids is 2. The summed E-state index contributed by atoms with van der Waals surface area (Å²) in [5, 5.41) is 13.8. The first-order chi connectivity index (χ1) is 12.2. The van der Waals surface area contributed by atoms with Crippen LogP contribution in [0.2, 0.25) is 0 Å². The highest BCUT2D eigenvalue weighted by Gasteiger charge is 2.23. The van der Waals surface area contributed by atoms with Crippen LogP contribution in [0.3, 0.4) is 0 Å². The quantitative estimate of drug-likeness (QED) is 0.746. The zero-order valence-electron chi connectivity index (χ0n) is 13.5. The van der Waals surface area contributed by atoms with E-state index in [1.165, 1.54) is 0 Å². The Bertz CT molecular complexity index is 928. The Morgan fingerprint density at radius 3 is 2.60 bits per heavy atom. The number of aromatic nitrogens is 3. The summed E-state index contributed by atoms with van der Waals surface area (Å²) in [5.41, 5.74) is 2.79. The summed E-state index contributed by atoms with van der Waals surface area (Å²) in [5.74, 6) is -0.278. The minimum atomic E-state index is -0.203. The molecule has 2 amide bonds. The fourth-order valence-electron chi connectivity index (χ4n) is 2.57. The molecule has 126 valence electrons. The van der Waals surface area contributed by atoms with E-state index in [4.69, 9.17) is 0 Å². The molecule has 2 aromatic carbocycles. The molecule has 7 nitrogen and oxygen atoms in total. The van der Waals surface area contributed by atoms with Crippen molar-refractivity contribution < 1.29 is 9.59 Å². The molecule has 1 saturated carbocycles. The third-order valence-electron chi connectivity index (χ3n) is 4.06. The lowest BCUT2D eigenvalue weighted by molar-refractivity contribution is -0.116. The first-order valence-electron chi connectivity index (χ1n) is 8.18. The number of nitrogens with one attached hydrogen (secondary N) is 2. The van der Waals surface area contributed by atoms with Gasteiger partial charge in [-0.3, -0.25) is 9.59 Å². The summed E-state index contributed by atoms with van der Waals surface area (Å²) in [6, 6.07) is 14.7. The highest BCUT2D eigenvalue weighted by atomic mass is 16.2. The predicted octanol–water partition coefficient (Wildman–Crippen LogP) is 1.96. The lowest BCUT2D eigenvalue weighted by atomic mass is 10.2. The van der Waals surface area contributed by atoms with Crippen molar-refractivity contribution in [3.63, 3.8) is 0 Å². The zero-order chi connectivity index (χ0) is 17.2. The second-order valence-corrected chi connectivity index (χ2v) is 6.11. The van der Waals surface area contributed by atoms with Crippen molar-refractivity contribution in [3.05, 3.63) is 54.1 Å². The molecule has 4 rings (SSSR count). The standard InChI is InChI=1S/C18H17N5O2/c24-17(11-23-16-4-2-1-3-15(16)21-22-23)19-13-7-5-12(6-8-13)18(25)20-14-9-10-14/h1-8,14H,9-11H2,(H,19,24)(H,20,25). The van der Waals surface area contributed by atoms with Crippen molar-refractivity contribution in [3.8, 4) is 0 Å². The molecule has 1 fully saturated rings. The van der Waals surface area contributed by atoms with E-state index in [9.17, 15) is 9.59 Å². The highest BCUT2D eigenvalue weighted by molar-refractivity contribution is 5.96. The molecule has 0 spiro atoms. The van der Waals surface area contributed by atoms with Gasteiger partial charge in [0.15, 0.2) is 0 Å². The van der Waals surface area contributed by atoms with Crippen LogP contribution in [0.15, 0.2) is 48.5 Å². The monoisotopic (exact) mass is 335 g/mol. The summed E-state index contributed by atoms with van der Waals surface area (Å²) in [7, 11) is 0. The van der Waals surface area contributed by atoms with Crippen molar-refractivity contribution in [2.75, 3.05) is 5.32 Å². The number of fused-ring (bicyclic) bond motifs is 1. The van der Waals surface area contributed by atoms with Crippen molar-refractivity contribution in [1.29, 1.82) is 0 Å². The molecular formula is C18H17N5O2. The lowest BCUT2D eigenvalue weighted by Crippen LogP contribution is -2.25. The van der Waals surface area contributed by atoms with Crippen LogP contribution in [-0.4, -0.2) is 32.9 Å². The van der Waals surface area contributed by atoms with E-state index >= 15 is 0 Å². The van der Waals surface area contributed by atoms with Gasteiger partial charge in [0, 0.05) is 17.3 Å². The van der Waals surface area contributed by atoms with Gasteiger partial charge in [0.2, 0.25) is 5.91 Å². The molecule has 2 N–H and O–H groups in total. The topological polar surface area (TPSA) is 88.9 Å². The Balaban J connectivity index is 1.39. The average molecular weight is 335 g/mol. The van der Waals surface area contributed by atoms with Gasteiger partial charge in [-0.25, -0.2) is 4.68 Å². The van der Waals surface area contributed by atoms with E-state index in [0.717, 1.165) is 23.9 Å². The number of rotatable bonds is 5. The first-order valence-corrected chi connectivity index (χ1v) is 8.18. The Morgan fingerprint density at radius 2 is 1.84 bits per heavy atom. The molecule has 3 aromatic rings. The van der Waals surface area contributed by atoms with Crippen LogP contribution in [0.25, 0.3) is 11.0 Å². The van der Waals surface area contributed by atoms with Crippen LogP contribution in [-0.2, 0) is 11.3 Å². The maximum Gasteiger partial charge on any atom is 0.251 e. The van der Waals surface area contributed by atoms with Gasteiger partial charge in [0.05, 0.1) is 5.52 Å². The molecule has 1 heterocycles. The molecule has 0 saturated heterocycles. The van der Waals surface area contributed by atoms with Crippen LogP contribution < -0.4 is 10.6 Å². The van der Waals surface area contributed by atoms with Crippen LogP contribution in [0.4, 0.5) is 5.69 Å². The number of para-hydroxylation sites is 1. The van der Waals surface area contributed by atoms with Crippen LogP contribution >= 0.6 is 0 Å². The number of amides is 2. The van der Waals surface area contributed by atoms with E-state index in [1.807, 2.05) is 24.3 Å².